The normalized spacial score (nSPS) is 11.4. The Morgan fingerprint density at radius 1 is 1.17 bits per heavy atom. The van der Waals surface area contributed by atoms with Gasteiger partial charge in [0.2, 0.25) is 5.88 Å². The minimum atomic E-state index is -4.93. The number of nitrogens with one attached hydrogen (secondary N) is 1. The summed E-state index contributed by atoms with van der Waals surface area (Å²) in [5, 5.41) is 6.44. The van der Waals surface area contributed by atoms with E-state index in [1.807, 2.05) is 5.32 Å². The molecule has 152 valence electrons. The van der Waals surface area contributed by atoms with E-state index in [-0.39, 0.29) is 17.1 Å². The number of aromatic nitrogens is 3. The number of allylic oxidation sites excluding steroid dienone is 1. The van der Waals surface area contributed by atoms with Crippen molar-refractivity contribution in [2.45, 2.75) is 20.0 Å². The second-order valence-corrected chi connectivity index (χ2v) is 6.28. The van der Waals surface area contributed by atoms with Crippen LogP contribution in [0.5, 0.6) is 5.88 Å². The molecule has 0 aliphatic rings. The zero-order valence-corrected chi connectivity index (χ0v) is 15.6. The molecule has 29 heavy (non-hydrogen) atoms. The summed E-state index contributed by atoms with van der Waals surface area (Å²) in [4.78, 5) is 16.3. The number of halogens is 4. The molecule has 0 unspecified atom stereocenters. The second kappa shape index (κ2) is 7.53. The summed E-state index contributed by atoms with van der Waals surface area (Å²) in [6.45, 7) is 2.75. The molecule has 0 atom stereocenters. The number of fused-ring (bicyclic) bond motifs is 1. The fourth-order valence-electron chi connectivity index (χ4n) is 2.77. The number of pyridine rings is 1. The summed E-state index contributed by atoms with van der Waals surface area (Å²) in [5.74, 6) is -2.03. The average molecular weight is 408 g/mol. The summed E-state index contributed by atoms with van der Waals surface area (Å²) in [7, 11) is 1.39. The van der Waals surface area contributed by atoms with Crippen LogP contribution in [0.3, 0.4) is 0 Å². The highest BCUT2D eigenvalue weighted by molar-refractivity contribution is 5.97. The first-order valence-electron chi connectivity index (χ1n) is 8.36. The third kappa shape index (κ3) is 3.78. The Labute approximate surface area is 162 Å². The first-order chi connectivity index (χ1) is 13.6. The van der Waals surface area contributed by atoms with E-state index < -0.39 is 29.3 Å². The number of benzene rings is 1. The number of hydrogen-bond acceptors (Lipinski definition) is 4. The van der Waals surface area contributed by atoms with E-state index in [9.17, 15) is 22.4 Å². The molecule has 3 aromatic rings. The lowest BCUT2D eigenvalue weighted by atomic mass is 10.1. The molecule has 2 aromatic heterocycles. The number of amides is 1. The molecule has 3 rings (SSSR count). The third-order valence-electron chi connectivity index (χ3n) is 4.11. The van der Waals surface area contributed by atoms with Gasteiger partial charge in [0.25, 0.3) is 5.91 Å². The van der Waals surface area contributed by atoms with Gasteiger partial charge in [-0.2, -0.15) is 22.7 Å². The summed E-state index contributed by atoms with van der Waals surface area (Å²) < 4.78 is 61.0. The van der Waals surface area contributed by atoms with Gasteiger partial charge in [-0.1, -0.05) is 6.07 Å². The van der Waals surface area contributed by atoms with Crippen LogP contribution in [-0.2, 0) is 6.18 Å². The number of rotatable bonds is 4. The van der Waals surface area contributed by atoms with Crippen molar-refractivity contribution in [2.75, 3.05) is 7.11 Å². The number of alkyl halides is 3. The quantitative estimate of drug-likeness (QED) is 0.513. The second-order valence-electron chi connectivity index (χ2n) is 6.28. The Morgan fingerprint density at radius 2 is 1.90 bits per heavy atom. The molecule has 0 radical (unpaired) electrons. The standard InChI is InChI=1S/C19H16F4N4O2/c1-10(2)16(20)26-17(28)13-9-25-27(15(13)19(21,22)23)14-6-4-5-12-11(14)7-8-24-18(12)29-3/h4-9H,1-3H3,(H,26,28). The summed E-state index contributed by atoms with van der Waals surface area (Å²) in [5.41, 5.74) is -1.93. The van der Waals surface area contributed by atoms with Gasteiger partial charge in [0.1, 0.15) is 0 Å². The van der Waals surface area contributed by atoms with E-state index in [0.717, 1.165) is 6.20 Å². The molecule has 1 aromatic carbocycles. The fourth-order valence-corrected chi connectivity index (χ4v) is 2.77. The van der Waals surface area contributed by atoms with Crippen LogP contribution in [-0.4, -0.2) is 27.8 Å². The van der Waals surface area contributed by atoms with E-state index in [0.29, 0.717) is 15.5 Å². The lowest BCUT2D eigenvalue weighted by Gasteiger charge is -2.15. The van der Waals surface area contributed by atoms with E-state index >= 15 is 0 Å². The molecule has 0 saturated carbocycles. The van der Waals surface area contributed by atoms with Crippen molar-refractivity contribution in [1.29, 1.82) is 0 Å². The maximum absolute atomic E-state index is 13.8. The molecule has 0 saturated heterocycles. The maximum atomic E-state index is 13.8. The highest BCUT2D eigenvalue weighted by Gasteiger charge is 2.41. The SMILES string of the molecule is COc1nccc2c(-n3ncc(C(=O)NC(F)=C(C)C)c3C(F)(F)F)cccc12. The molecular formula is C19H16F4N4O2. The van der Waals surface area contributed by atoms with Gasteiger partial charge in [-0.15, -0.1) is 0 Å². The zero-order valence-electron chi connectivity index (χ0n) is 15.6. The van der Waals surface area contributed by atoms with Crippen LogP contribution < -0.4 is 10.1 Å². The number of carbonyl (C=O) groups is 1. The number of methoxy groups -OCH3 is 1. The van der Waals surface area contributed by atoms with Crippen LogP contribution in [0, 0.1) is 0 Å². The topological polar surface area (TPSA) is 69.0 Å². The number of nitrogens with zero attached hydrogens (tertiary/aromatic N) is 3. The highest BCUT2D eigenvalue weighted by Crippen LogP contribution is 2.36. The Bertz CT molecular complexity index is 1120. The monoisotopic (exact) mass is 408 g/mol. The first kappa shape index (κ1) is 20.3. The van der Waals surface area contributed by atoms with Crippen LogP contribution in [0.25, 0.3) is 16.5 Å². The first-order valence-corrected chi connectivity index (χ1v) is 8.36. The minimum absolute atomic E-state index is 0.0669. The smallest absolute Gasteiger partial charge is 0.434 e. The lowest BCUT2D eigenvalue weighted by molar-refractivity contribution is -0.143. The van der Waals surface area contributed by atoms with Crippen molar-refractivity contribution < 1.29 is 27.1 Å². The van der Waals surface area contributed by atoms with Crippen molar-refractivity contribution >= 4 is 16.7 Å². The van der Waals surface area contributed by atoms with Gasteiger partial charge in [-0.05, 0) is 37.6 Å². The molecule has 1 N–H and O–H groups in total. The van der Waals surface area contributed by atoms with Crippen molar-refractivity contribution in [2.24, 2.45) is 0 Å². The van der Waals surface area contributed by atoms with Crippen LogP contribution in [0.1, 0.15) is 29.9 Å². The van der Waals surface area contributed by atoms with E-state index in [1.165, 1.54) is 45.4 Å². The van der Waals surface area contributed by atoms with Crippen LogP contribution in [0.4, 0.5) is 17.6 Å². The molecule has 0 bridgehead atoms. The average Bonchev–Trinajstić information content (AvgIpc) is 3.12. The Balaban J connectivity index is 2.23. The number of hydrogen-bond donors (Lipinski definition) is 1. The van der Waals surface area contributed by atoms with Crippen LogP contribution in [0.15, 0.2) is 48.2 Å². The molecule has 0 fully saturated rings. The lowest BCUT2D eigenvalue weighted by Crippen LogP contribution is -2.25. The highest BCUT2D eigenvalue weighted by atomic mass is 19.4. The van der Waals surface area contributed by atoms with Gasteiger partial charge in [-0.3, -0.25) is 10.1 Å². The number of carbonyl (C=O) groups excluding carboxylic acids is 1. The minimum Gasteiger partial charge on any atom is -0.481 e. The summed E-state index contributed by atoms with van der Waals surface area (Å²) >= 11 is 0. The Hall–Kier alpha value is -3.43. The molecule has 2 heterocycles. The van der Waals surface area contributed by atoms with Gasteiger partial charge in [0, 0.05) is 17.0 Å². The third-order valence-corrected chi connectivity index (χ3v) is 4.11. The summed E-state index contributed by atoms with van der Waals surface area (Å²) in [6, 6.07) is 6.09. The van der Waals surface area contributed by atoms with Gasteiger partial charge < -0.3 is 4.74 Å². The van der Waals surface area contributed by atoms with Crippen molar-refractivity contribution in [3.05, 3.63) is 59.4 Å². The van der Waals surface area contributed by atoms with Crippen molar-refractivity contribution in [3.8, 4) is 11.6 Å². The van der Waals surface area contributed by atoms with Gasteiger partial charge in [0.15, 0.2) is 11.6 Å². The largest absolute Gasteiger partial charge is 0.481 e. The summed E-state index contributed by atoms with van der Waals surface area (Å²) in [6.07, 6.45) is -2.78. The van der Waals surface area contributed by atoms with E-state index in [1.54, 1.807) is 6.07 Å². The van der Waals surface area contributed by atoms with Crippen molar-refractivity contribution in [3.63, 3.8) is 0 Å². The maximum Gasteiger partial charge on any atom is 0.434 e. The van der Waals surface area contributed by atoms with Crippen LogP contribution in [0.2, 0.25) is 0 Å². The Kier molecular flexibility index (Phi) is 5.27. The van der Waals surface area contributed by atoms with E-state index in [4.69, 9.17) is 4.74 Å². The van der Waals surface area contributed by atoms with Crippen LogP contribution >= 0.6 is 0 Å². The molecule has 10 heteroatoms. The van der Waals surface area contributed by atoms with Crippen molar-refractivity contribution in [1.82, 2.24) is 20.1 Å². The van der Waals surface area contributed by atoms with Gasteiger partial charge in [0.05, 0.1) is 24.6 Å². The molecular weight excluding hydrogens is 392 g/mol. The number of ether oxygens (including phenoxy) is 1. The predicted molar refractivity (Wildman–Crippen MR) is 97.4 cm³/mol. The molecule has 0 aliphatic carbocycles. The molecule has 0 spiro atoms. The fraction of sp³-hybridized carbons (Fsp3) is 0.211. The van der Waals surface area contributed by atoms with Gasteiger partial charge >= 0.3 is 6.18 Å². The predicted octanol–water partition coefficient (Wildman–Crippen LogP) is 4.40. The Morgan fingerprint density at radius 3 is 2.52 bits per heavy atom. The van der Waals surface area contributed by atoms with Gasteiger partial charge in [-0.25, -0.2) is 9.67 Å². The zero-order chi connectivity index (χ0) is 21.3. The molecule has 0 aliphatic heterocycles. The molecule has 6 nitrogen and oxygen atoms in total. The molecule has 1 amide bonds. The van der Waals surface area contributed by atoms with E-state index in [2.05, 4.69) is 10.1 Å².